The Hall–Kier alpha value is -2.80. The summed E-state index contributed by atoms with van der Waals surface area (Å²) in [4.78, 5) is 27.2. The lowest BCUT2D eigenvalue weighted by atomic mass is 9.83. The van der Waals surface area contributed by atoms with Crippen molar-refractivity contribution in [3.05, 3.63) is 93.7 Å². The molecular weight excluding hydrogens is 456 g/mol. The maximum absolute atomic E-state index is 13.5. The van der Waals surface area contributed by atoms with Gasteiger partial charge < -0.3 is 9.22 Å². The van der Waals surface area contributed by atoms with Crippen LogP contribution >= 0.6 is 11.3 Å². The second-order valence-electron chi connectivity index (χ2n) is 10.1. The van der Waals surface area contributed by atoms with Crippen molar-refractivity contribution in [1.29, 1.82) is 0 Å². The minimum absolute atomic E-state index is 0.145. The van der Waals surface area contributed by atoms with E-state index in [1.54, 1.807) is 0 Å². The van der Waals surface area contributed by atoms with E-state index in [4.69, 9.17) is 4.74 Å². The van der Waals surface area contributed by atoms with Gasteiger partial charge in [0, 0.05) is 25.3 Å². The first-order chi connectivity index (χ1) is 17.0. The van der Waals surface area contributed by atoms with E-state index in [0.29, 0.717) is 19.0 Å². The predicted molar refractivity (Wildman–Crippen MR) is 138 cm³/mol. The number of ether oxygens (including phenoxy) is 1. The Kier molecular flexibility index (Phi) is 7.14. The molecule has 35 heavy (non-hydrogen) atoms. The molecule has 182 valence electrons. The number of nitrogens with one attached hydrogen (secondary N) is 1. The van der Waals surface area contributed by atoms with Crippen LogP contribution in [0.2, 0.25) is 0 Å². The number of benzene rings is 2. The third kappa shape index (κ3) is 5.56. The minimum Gasteiger partial charge on any atom is -0.455 e. The van der Waals surface area contributed by atoms with E-state index in [1.165, 1.54) is 16.9 Å². The molecule has 3 aliphatic heterocycles. The van der Waals surface area contributed by atoms with Crippen molar-refractivity contribution in [3.63, 3.8) is 0 Å². The van der Waals surface area contributed by atoms with Crippen LogP contribution in [0.3, 0.4) is 0 Å². The molecule has 2 atom stereocenters. The second kappa shape index (κ2) is 10.4. The van der Waals surface area contributed by atoms with Gasteiger partial charge in [-0.1, -0.05) is 66.2 Å². The van der Waals surface area contributed by atoms with Crippen molar-refractivity contribution >= 4 is 23.1 Å². The Balaban J connectivity index is 1.28. The zero-order valence-electron chi connectivity index (χ0n) is 20.2. The van der Waals surface area contributed by atoms with Gasteiger partial charge in [0.2, 0.25) is 5.78 Å². The molecule has 0 spiro atoms. The Morgan fingerprint density at radius 1 is 1.03 bits per heavy atom. The molecule has 6 rings (SSSR count). The highest BCUT2D eigenvalue weighted by atomic mass is 32.1. The van der Waals surface area contributed by atoms with Gasteiger partial charge in [-0.05, 0) is 29.5 Å². The Morgan fingerprint density at radius 3 is 2.46 bits per heavy atom. The summed E-state index contributed by atoms with van der Waals surface area (Å²) < 4.78 is 6.96. The van der Waals surface area contributed by atoms with Crippen LogP contribution in [0.1, 0.15) is 45.2 Å². The fraction of sp³-hybridized carbons (Fsp3) is 0.379. The van der Waals surface area contributed by atoms with Gasteiger partial charge in [0.25, 0.3) is 0 Å². The van der Waals surface area contributed by atoms with Gasteiger partial charge in [-0.15, -0.1) is 11.3 Å². The van der Waals surface area contributed by atoms with E-state index in [-0.39, 0.29) is 17.9 Å². The smallest absolute Gasteiger partial charge is 0.328 e. The van der Waals surface area contributed by atoms with Crippen LogP contribution in [0.15, 0.2) is 72.1 Å². The number of nitrogens with zero attached hydrogens (tertiary/aromatic N) is 1. The topological polar surface area (TPSA) is 55.4 Å². The average Bonchev–Trinajstić information content (AvgIpc) is 3.42. The monoisotopic (exact) mass is 489 g/mol. The number of hydrogen-bond acceptors (Lipinski definition) is 5. The van der Waals surface area contributed by atoms with Crippen molar-refractivity contribution in [2.75, 3.05) is 26.2 Å². The maximum atomic E-state index is 13.5. The number of carbonyl (C=O) groups is 2. The van der Waals surface area contributed by atoms with Gasteiger partial charge in [-0.2, -0.15) is 0 Å². The third-order valence-electron chi connectivity index (χ3n) is 7.58. The lowest BCUT2D eigenvalue weighted by molar-refractivity contribution is -0.938. The SMILES string of the molecule is Cc1ccc(CNC(C(=O)O[C@H]2C[N+]3(CC(=O)c4cccs4)CCC2CC3)c2ccccc2)cc1. The molecule has 4 heterocycles. The molecule has 0 aliphatic carbocycles. The number of hydrogen-bond donors (Lipinski definition) is 1. The summed E-state index contributed by atoms with van der Waals surface area (Å²) in [5.74, 6) is 0.349. The molecule has 5 nitrogen and oxygen atoms in total. The molecule has 3 aromatic rings. The fourth-order valence-electron chi connectivity index (χ4n) is 5.52. The van der Waals surface area contributed by atoms with Gasteiger partial charge in [-0.3, -0.25) is 10.1 Å². The zero-order chi connectivity index (χ0) is 24.3. The summed E-state index contributed by atoms with van der Waals surface area (Å²) in [6, 6.07) is 21.4. The molecule has 3 fully saturated rings. The fourth-order valence-corrected chi connectivity index (χ4v) is 6.18. The molecule has 1 N–H and O–H groups in total. The molecule has 1 aromatic heterocycles. The van der Waals surface area contributed by atoms with E-state index < -0.39 is 6.04 Å². The summed E-state index contributed by atoms with van der Waals surface area (Å²) in [5.41, 5.74) is 3.25. The molecule has 3 aliphatic rings. The van der Waals surface area contributed by atoms with Crippen molar-refractivity contribution in [2.45, 2.75) is 38.5 Å². The highest BCUT2D eigenvalue weighted by Gasteiger charge is 2.49. The van der Waals surface area contributed by atoms with Gasteiger partial charge in [0.1, 0.15) is 19.1 Å². The summed E-state index contributed by atoms with van der Waals surface area (Å²) in [6.45, 7) is 5.85. The van der Waals surface area contributed by atoms with Gasteiger partial charge in [-0.25, -0.2) is 4.79 Å². The van der Waals surface area contributed by atoms with Crippen LogP contribution in [0.5, 0.6) is 0 Å². The Morgan fingerprint density at radius 2 is 1.77 bits per heavy atom. The lowest BCUT2D eigenvalue weighted by Crippen LogP contribution is -2.65. The van der Waals surface area contributed by atoms with Gasteiger partial charge in [0.15, 0.2) is 6.10 Å². The first kappa shape index (κ1) is 23.9. The van der Waals surface area contributed by atoms with Crippen LogP contribution in [-0.4, -0.2) is 48.5 Å². The standard InChI is InChI=1S/C29H33N2O3S/c1-21-9-11-22(12-10-21)18-30-28(24-6-3-2-4-7-24)29(33)34-26-20-31(15-13-23(26)14-16-31)19-25(32)27-8-5-17-35-27/h2-12,17,23,26,28,30H,13-16,18-20H2,1H3/q+1/t23?,26-,28?,31?/m0/s1. The van der Waals surface area contributed by atoms with Crippen molar-refractivity contribution in [3.8, 4) is 0 Å². The number of carbonyl (C=O) groups excluding carboxylic acids is 2. The van der Waals surface area contributed by atoms with Crippen LogP contribution in [-0.2, 0) is 16.1 Å². The first-order valence-electron chi connectivity index (χ1n) is 12.5. The van der Waals surface area contributed by atoms with E-state index >= 15 is 0 Å². The molecule has 0 radical (unpaired) electrons. The van der Waals surface area contributed by atoms with Crippen molar-refractivity contribution in [2.24, 2.45) is 5.92 Å². The van der Waals surface area contributed by atoms with Crippen LogP contribution in [0.25, 0.3) is 0 Å². The number of esters is 1. The lowest BCUT2D eigenvalue weighted by Gasteiger charge is -2.51. The number of quaternary nitrogens is 1. The molecular formula is C29H33N2O3S+. The maximum Gasteiger partial charge on any atom is 0.328 e. The van der Waals surface area contributed by atoms with E-state index in [0.717, 1.165) is 53.0 Å². The Bertz CT molecular complexity index is 1140. The summed E-state index contributed by atoms with van der Waals surface area (Å²) in [6.07, 6.45) is 1.86. The van der Waals surface area contributed by atoms with E-state index in [9.17, 15) is 9.59 Å². The van der Waals surface area contributed by atoms with Gasteiger partial charge in [0.05, 0.1) is 18.0 Å². The van der Waals surface area contributed by atoms with Crippen LogP contribution < -0.4 is 5.32 Å². The summed E-state index contributed by atoms with van der Waals surface area (Å²) >= 11 is 1.51. The molecule has 0 saturated carbocycles. The number of rotatable bonds is 9. The minimum atomic E-state index is -0.533. The largest absolute Gasteiger partial charge is 0.455 e. The third-order valence-corrected chi connectivity index (χ3v) is 8.49. The zero-order valence-corrected chi connectivity index (χ0v) is 21.0. The van der Waals surface area contributed by atoms with E-state index in [1.807, 2.05) is 47.8 Å². The number of aryl methyl sites for hydroxylation is 1. The van der Waals surface area contributed by atoms with Crippen molar-refractivity contribution in [1.82, 2.24) is 5.32 Å². The highest BCUT2D eigenvalue weighted by Crippen LogP contribution is 2.36. The Labute approximate surface area is 211 Å². The molecule has 3 saturated heterocycles. The molecule has 6 heteroatoms. The molecule has 2 bridgehead atoms. The summed E-state index contributed by atoms with van der Waals surface area (Å²) in [5, 5.41) is 5.39. The number of ketones is 1. The first-order valence-corrected chi connectivity index (χ1v) is 13.4. The molecule has 1 unspecified atom stereocenters. The second-order valence-corrected chi connectivity index (χ2v) is 11.0. The quantitative estimate of drug-likeness (QED) is 0.263. The van der Waals surface area contributed by atoms with Gasteiger partial charge >= 0.3 is 5.97 Å². The number of thiophene rings is 1. The predicted octanol–water partition coefficient (Wildman–Crippen LogP) is 4.92. The highest BCUT2D eigenvalue weighted by molar-refractivity contribution is 7.12. The molecule has 2 aromatic carbocycles. The normalized spacial score (nSPS) is 24.1. The van der Waals surface area contributed by atoms with Crippen LogP contribution in [0, 0.1) is 12.8 Å². The number of Topliss-reactive ketones (excluding diaryl/α,β-unsaturated/α-hetero) is 1. The van der Waals surface area contributed by atoms with Crippen molar-refractivity contribution < 1.29 is 18.8 Å². The molecule has 0 amide bonds. The summed E-state index contributed by atoms with van der Waals surface area (Å²) in [7, 11) is 0. The number of fused-ring (bicyclic) bond motifs is 3. The van der Waals surface area contributed by atoms with Crippen LogP contribution in [0.4, 0.5) is 0 Å². The number of piperidine rings is 3. The van der Waals surface area contributed by atoms with E-state index in [2.05, 4.69) is 36.5 Å². The average molecular weight is 490 g/mol.